The van der Waals surface area contributed by atoms with Crippen LogP contribution in [0.1, 0.15) is 32.2 Å². The van der Waals surface area contributed by atoms with Crippen LogP contribution in [0.15, 0.2) is 12.1 Å². The zero-order valence-electron chi connectivity index (χ0n) is 11.4. The summed E-state index contributed by atoms with van der Waals surface area (Å²) in [6.45, 7) is 9.29. The Kier molecular flexibility index (Phi) is 3.48. The van der Waals surface area contributed by atoms with Crippen molar-refractivity contribution in [2.45, 2.75) is 34.1 Å². The number of fused-ring (bicyclic) bond motifs is 1. The van der Waals surface area contributed by atoms with Gasteiger partial charge in [-0.25, -0.2) is 4.98 Å². The largest absolute Gasteiger partial charge is 0.491 e. The van der Waals surface area contributed by atoms with Crippen LogP contribution in [0, 0.1) is 12.3 Å². The van der Waals surface area contributed by atoms with E-state index in [2.05, 4.69) is 25.8 Å². The van der Waals surface area contributed by atoms with E-state index < -0.39 is 0 Å². The topological polar surface area (TPSA) is 48.1 Å². The van der Waals surface area contributed by atoms with Gasteiger partial charge in [0.1, 0.15) is 5.75 Å². The Bertz CT molecular complexity index is 555. The lowest BCUT2D eigenvalue weighted by Crippen LogP contribution is -2.11. The third-order valence-electron chi connectivity index (χ3n) is 2.74. The zero-order valence-corrected chi connectivity index (χ0v) is 12.2. The summed E-state index contributed by atoms with van der Waals surface area (Å²) in [6.07, 6.45) is 1.00. The molecule has 0 spiro atoms. The molecule has 0 aliphatic rings. The minimum Gasteiger partial charge on any atom is -0.491 e. The molecule has 0 saturated heterocycles. The molecule has 0 fully saturated rings. The molecular formula is C14H20N2OS. The van der Waals surface area contributed by atoms with E-state index in [4.69, 9.17) is 10.5 Å². The predicted octanol–water partition coefficient (Wildman–Crippen LogP) is 4.00. The van der Waals surface area contributed by atoms with Gasteiger partial charge in [-0.3, -0.25) is 0 Å². The second-order valence-corrected chi connectivity index (χ2v) is 6.98. The molecule has 2 aromatic rings. The van der Waals surface area contributed by atoms with E-state index in [-0.39, 0.29) is 5.41 Å². The van der Waals surface area contributed by atoms with Crippen molar-refractivity contribution in [3.8, 4) is 5.75 Å². The van der Waals surface area contributed by atoms with Crippen LogP contribution in [0.3, 0.4) is 0 Å². The molecule has 18 heavy (non-hydrogen) atoms. The van der Waals surface area contributed by atoms with Gasteiger partial charge in [0.05, 0.1) is 27.5 Å². The Balaban J connectivity index is 2.15. The third kappa shape index (κ3) is 3.13. The normalized spacial score (nSPS) is 12.0. The molecule has 0 amide bonds. The first-order valence-corrected chi connectivity index (χ1v) is 6.96. The van der Waals surface area contributed by atoms with Crippen molar-refractivity contribution in [2.75, 3.05) is 12.3 Å². The Morgan fingerprint density at radius 2 is 2.06 bits per heavy atom. The summed E-state index contributed by atoms with van der Waals surface area (Å²) in [7, 11) is 0. The Labute approximate surface area is 112 Å². The molecular weight excluding hydrogens is 244 g/mol. The number of hydrogen-bond donors (Lipinski definition) is 1. The number of thiazole rings is 1. The van der Waals surface area contributed by atoms with E-state index in [0.29, 0.717) is 12.3 Å². The summed E-state index contributed by atoms with van der Waals surface area (Å²) >= 11 is 1.66. The smallest absolute Gasteiger partial charge is 0.144 e. The SMILES string of the molecule is Cc1nc2cc(OCCC(C)(C)C)c(N)cc2s1. The second-order valence-electron chi connectivity index (χ2n) is 5.75. The average molecular weight is 264 g/mol. The fourth-order valence-electron chi connectivity index (χ4n) is 1.68. The fourth-order valence-corrected chi connectivity index (χ4v) is 2.54. The van der Waals surface area contributed by atoms with Crippen molar-refractivity contribution in [1.82, 2.24) is 4.98 Å². The highest BCUT2D eigenvalue weighted by Crippen LogP contribution is 2.31. The van der Waals surface area contributed by atoms with Gasteiger partial charge in [0.2, 0.25) is 0 Å². The molecule has 2 N–H and O–H groups in total. The standard InChI is InChI=1S/C14H20N2OS/c1-9-16-11-8-12(10(15)7-13(11)18-9)17-6-5-14(2,3)4/h7-8H,5-6,15H2,1-4H3. The van der Waals surface area contributed by atoms with E-state index in [1.807, 2.05) is 19.1 Å². The summed E-state index contributed by atoms with van der Waals surface area (Å²) in [5, 5.41) is 1.05. The zero-order chi connectivity index (χ0) is 13.3. The number of ether oxygens (including phenoxy) is 1. The first-order chi connectivity index (χ1) is 8.35. The maximum atomic E-state index is 6.00. The lowest BCUT2D eigenvalue weighted by Gasteiger charge is -2.18. The van der Waals surface area contributed by atoms with Gasteiger partial charge >= 0.3 is 0 Å². The number of aryl methyl sites for hydroxylation is 1. The number of nitrogens with two attached hydrogens (primary N) is 1. The molecule has 98 valence electrons. The Hall–Kier alpha value is -1.29. The quantitative estimate of drug-likeness (QED) is 0.852. The van der Waals surface area contributed by atoms with Crippen molar-refractivity contribution in [3.63, 3.8) is 0 Å². The minimum atomic E-state index is 0.274. The molecule has 2 rings (SSSR count). The van der Waals surface area contributed by atoms with Gasteiger partial charge < -0.3 is 10.5 Å². The molecule has 1 heterocycles. The first kappa shape index (κ1) is 13.1. The summed E-state index contributed by atoms with van der Waals surface area (Å²) in [5.74, 6) is 0.747. The lowest BCUT2D eigenvalue weighted by atomic mass is 9.93. The third-order valence-corrected chi connectivity index (χ3v) is 3.67. The van der Waals surface area contributed by atoms with E-state index in [0.717, 1.165) is 27.4 Å². The minimum absolute atomic E-state index is 0.274. The van der Waals surface area contributed by atoms with E-state index in [9.17, 15) is 0 Å². The molecule has 0 atom stereocenters. The van der Waals surface area contributed by atoms with Crippen LogP contribution in [-0.4, -0.2) is 11.6 Å². The number of nitrogen functional groups attached to an aromatic ring is 1. The number of benzene rings is 1. The molecule has 0 unspecified atom stereocenters. The van der Waals surface area contributed by atoms with Gasteiger partial charge in [-0.15, -0.1) is 11.3 Å². The highest BCUT2D eigenvalue weighted by molar-refractivity contribution is 7.18. The Morgan fingerprint density at radius 1 is 1.33 bits per heavy atom. The second kappa shape index (κ2) is 4.76. The molecule has 1 aromatic heterocycles. The van der Waals surface area contributed by atoms with Crippen molar-refractivity contribution >= 4 is 27.2 Å². The molecule has 1 aromatic carbocycles. The van der Waals surface area contributed by atoms with Crippen LogP contribution in [0.5, 0.6) is 5.75 Å². The van der Waals surface area contributed by atoms with Crippen LogP contribution in [0.2, 0.25) is 0 Å². The van der Waals surface area contributed by atoms with Crippen molar-refractivity contribution in [2.24, 2.45) is 5.41 Å². The van der Waals surface area contributed by atoms with Crippen molar-refractivity contribution in [1.29, 1.82) is 0 Å². The first-order valence-electron chi connectivity index (χ1n) is 6.15. The summed E-state index contributed by atoms with van der Waals surface area (Å²) in [6, 6.07) is 3.89. The van der Waals surface area contributed by atoms with Gasteiger partial charge in [0, 0.05) is 6.07 Å². The van der Waals surface area contributed by atoms with Crippen LogP contribution in [-0.2, 0) is 0 Å². The summed E-state index contributed by atoms with van der Waals surface area (Å²) in [5.41, 5.74) is 7.94. The van der Waals surface area contributed by atoms with Crippen LogP contribution < -0.4 is 10.5 Å². The number of nitrogens with zero attached hydrogens (tertiary/aromatic N) is 1. The van der Waals surface area contributed by atoms with E-state index in [1.165, 1.54) is 0 Å². The summed E-state index contributed by atoms with van der Waals surface area (Å²) < 4.78 is 6.89. The molecule has 0 saturated carbocycles. The van der Waals surface area contributed by atoms with Crippen LogP contribution in [0.4, 0.5) is 5.69 Å². The molecule has 3 nitrogen and oxygen atoms in total. The van der Waals surface area contributed by atoms with Gasteiger partial charge in [-0.2, -0.15) is 0 Å². The van der Waals surface area contributed by atoms with Gasteiger partial charge in [0.15, 0.2) is 0 Å². The molecule has 0 bridgehead atoms. The maximum absolute atomic E-state index is 6.00. The van der Waals surface area contributed by atoms with Gasteiger partial charge in [-0.1, -0.05) is 20.8 Å². The van der Waals surface area contributed by atoms with Crippen LogP contribution in [0.25, 0.3) is 10.2 Å². The van der Waals surface area contributed by atoms with Crippen molar-refractivity contribution in [3.05, 3.63) is 17.1 Å². The Morgan fingerprint density at radius 3 is 2.72 bits per heavy atom. The highest BCUT2D eigenvalue weighted by atomic mass is 32.1. The molecule has 4 heteroatoms. The van der Waals surface area contributed by atoms with Crippen molar-refractivity contribution < 1.29 is 4.74 Å². The highest BCUT2D eigenvalue weighted by Gasteiger charge is 2.12. The number of aromatic nitrogens is 1. The number of anilines is 1. The molecule has 0 radical (unpaired) electrons. The maximum Gasteiger partial charge on any atom is 0.144 e. The van der Waals surface area contributed by atoms with Gasteiger partial charge in [-0.05, 0) is 24.8 Å². The molecule has 0 aliphatic carbocycles. The predicted molar refractivity (Wildman–Crippen MR) is 78.3 cm³/mol. The lowest BCUT2D eigenvalue weighted by molar-refractivity contribution is 0.244. The van der Waals surface area contributed by atoms with E-state index >= 15 is 0 Å². The van der Waals surface area contributed by atoms with E-state index in [1.54, 1.807) is 11.3 Å². The van der Waals surface area contributed by atoms with Gasteiger partial charge in [0.25, 0.3) is 0 Å². The number of hydrogen-bond acceptors (Lipinski definition) is 4. The number of rotatable bonds is 3. The fraction of sp³-hybridized carbons (Fsp3) is 0.500. The van der Waals surface area contributed by atoms with Crippen LogP contribution >= 0.6 is 11.3 Å². The molecule has 0 aliphatic heterocycles. The summed E-state index contributed by atoms with van der Waals surface area (Å²) in [4.78, 5) is 4.45. The average Bonchev–Trinajstić information content (AvgIpc) is 2.55. The monoisotopic (exact) mass is 264 g/mol.